The molecule has 188 valence electrons. The summed E-state index contributed by atoms with van der Waals surface area (Å²) >= 11 is 0. The van der Waals surface area contributed by atoms with Crippen LogP contribution in [-0.2, 0) is 7.05 Å². The van der Waals surface area contributed by atoms with Gasteiger partial charge in [-0.05, 0) is 58.5 Å². The van der Waals surface area contributed by atoms with Gasteiger partial charge in [-0.3, -0.25) is 0 Å². The van der Waals surface area contributed by atoms with Crippen LogP contribution in [0.1, 0.15) is 50.8 Å². The average molecular weight is 514 g/mol. The first kappa shape index (κ1) is 21.0. The second kappa shape index (κ2) is 7.00. The zero-order valence-corrected chi connectivity index (χ0v) is 22.3. The van der Waals surface area contributed by atoms with E-state index in [9.17, 15) is 0 Å². The Morgan fingerprint density at radius 2 is 1.30 bits per heavy atom. The fraction of sp³-hybridized carbons (Fsp3) is 0.108. The first-order valence-corrected chi connectivity index (χ1v) is 14.1. The van der Waals surface area contributed by atoms with Gasteiger partial charge in [-0.15, -0.1) is 0 Å². The maximum absolute atomic E-state index is 7.14. The van der Waals surface area contributed by atoms with Gasteiger partial charge >= 0.3 is 0 Å². The Hall–Kier alpha value is -4.89. The topological polar surface area (TPSA) is 21.4 Å². The highest BCUT2D eigenvalue weighted by atomic mass is 16.3. The van der Waals surface area contributed by atoms with E-state index in [4.69, 9.17) is 4.42 Å². The minimum Gasteiger partial charge on any atom is -0.451 e. The highest BCUT2D eigenvalue weighted by molar-refractivity contribution is 6.19. The van der Waals surface area contributed by atoms with Crippen LogP contribution < -0.4 is 4.57 Å². The van der Waals surface area contributed by atoms with Gasteiger partial charge in [0.2, 0.25) is 0 Å². The predicted octanol–water partition coefficient (Wildman–Crippen LogP) is 8.27. The van der Waals surface area contributed by atoms with E-state index in [0.29, 0.717) is 0 Å². The summed E-state index contributed by atoms with van der Waals surface area (Å²) in [7, 11) is 2.19. The van der Waals surface area contributed by atoms with E-state index in [1.54, 1.807) is 0 Å². The summed E-state index contributed by atoms with van der Waals surface area (Å²) in [6.07, 6.45) is 0. The molecule has 0 fully saturated rings. The number of aryl methyl sites for hydroxylation is 2. The fourth-order valence-corrected chi connectivity index (χ4v) is 8.17. The molecule has 3 aromatic heterocycles. The third-order valence-electron chi connectivity index (χ3n) is 9.72. The van der Waals surface area contributed by atoms with Gasteiger partial charge in [0.1, 0.15) is 5.58 Å². The van der Waals surface area contributed by atoms with E-state index in [0.717, 1.165) is 16.7 Å². The molecule has 0 aliphatic heterocycles. The van der Waals surface area contributed by atoms with Gasteiger partial charge in [0, 0.05) is 22.8 Å². The summed E-state index contributed by atoms with van der Waals surface area (Å²) in [5, 5.41) is 3.61. The molecule has 3 aliphatic carbocycles. The van der Waals surface area contributed by atoms with Crippen LogP contribution in [0, 0.1) is 6.92 Å². The summed E-state index contributed by atoms with van der Waals surface area (Å²) in [5.74, 6) is 0.395. The highest BCUT2D eigenvalue weighted by Crippen LogP contribution is 2.58. The first-order valence-electron chi connectivity index (χ1n) is 14.1. The molecule has 2 bridgehead atoms. The summed E-state index contributed by atoms with van der Waals surface area (Å²) in [4.78, 5) is 0. The summed E-state index contributed by atoms with van der Waals surface area (Å²) < 4.78 is 11.9. The van der Waals surface area contributed by atoms with Crippen molar-refractivity contribution in [3.8, 4) is 0 Å². The van der Waals surface area contributed by atoms with Crippen molar-refractivity contribution in [3.63, 3.8) is 0 Å². The average Bonchev–Trinajstić information content (AvgIpc) is 3.53. The van der Waals surface area contributed by atoms with E-state index in [1.807, 2.05) is 0 Å². The van der Waals surface area contributed by atoms with Gasteiger partial charge in [-0.1, -0.05) is 84.9 Å². The molecule has 8 aromatic rings. The number of benzene rings is 5. The van der Waals surface area contributed by atoms with Crippen LogP contribution in [0.3, 0.4) is 0 Å². The number of furan rings is 1. The van der Waals surface area contributed by atoms with Crippen LogP contribution >= 0.6 is 0 Å². The molecule has 0 radical (unpaired) electrons. The molecule has 11 rings (SSSR count). The van der Waals surface area contributed by atoms with Gasteiger partial charge in [0.25, 0.3) is 5.65 Å². The summed E-state index contributed by atoms with van der Waals surface area (Å²) in [6, 6.07) is 38.1. The number of rotatable bonds is 0. The number of para-hydroxylation sites is 2. The second-order valence-electron chi connectivity index (χ2n) is 11.6. The highest BCUT2D eigenvalue weighted by Gasteiger charge is 2.43. The normalized spacial score (nSPS) is 17.2. The van der Waals surface area contributed by atoms with E-state index in [-0.39, 0.29) is 11.8 Å². The van der Waals surface area contributed by atoms with Crippen molar-refractivity contribution in [1.82, 2.24) is 4.40 Å². The van der Waals surface area contributed by atoms with Crippen molar-refractivity contribution >= 4 is 49.5 Å². The molecule has 3 heterocycles. The number of hydrogen-bond donors (Lipinski definition) is 0. The molecule has 0 N–H and O–H groups in total. The molecule has 0 amide bonds. The monoisotopic (exact) mass is 513 g/mol. The van der Waals surface area contributed by atoms with Crippen LogP contribution in [-0.4, -0.2) is 4.40 Å². The molecule has 0 spiro atoms. The SMILES string of the molecule is Cc1cccc2c3oc4c5c(ccc4c3n3c4ccccc4[n+](C)c3c12)C1c2ccccc2C5c2ccccc21. The Morgan fingerprint density at radius 1 is 0.625 bits per heavy atom. The van der Waals surface area contributed by atoms with Crippen LogP contribution in [0.2, 0.25) is 0 Å². The molecule has 3 aliphatic rings. The maximum Gasteiger partial charge on any atom is 0.296 e. The van der Waals surface area contributed by atoms with Crippen molar-refractivity contribution < 1.29 is 8.98 Å². The predicted molar refractivity (Wildman–Crippen MR) is 160 cm³/mol. The number of hydrogen-bond acceptors (Lipinski definition) is 1. The Labute approximate surface area is 230 Å². The largest absolute Gasteiger partial charge is 0.451 e. The molecule has 3 heteroatoms. The molecular formula is C37H25N2O+. The standard InChI is InChI=1S/C37H25N2O/c1-20-10-9-15-26-30(20)37-38(2)28-16-7-8-17-29(28)39(37)34-27-19-18-25-31-21-11-3-5-13-23(21)32(24-14-6-4-12-22(24)31)33(25)35(27)40-36(26)34/h3-19,31-32H,1-2H3/q+1. The number of aromatic nitrogens is 2. The lowest BCUT2D eigenvalue weighted by Gasteiger charge is -2.41. The zero-order chi connectivity index (χ0) is 26.3. The maximum atomic E-state index is 7.14. The lowest BCUT2D eigenvalue weighted by Crippen LogP contribution is -2.27. The number of fused-ring (bicyclic) bond motifs is 10. The number of pyridine rings is 1. The van der Waals surface area contributed by atoms with Gasteiger partial charge in [-0.2, -0.15) is 4.40 Å². The Morgan fingerprint density at radius 3 is 2.05 bits per heavy atom. The van der Waals surface area contributed by atoms with Crippen molar-refractivity contribution in [2.45, 2.75) is 18.8 Å². The second-order valence-corrected chi connectivity index (χ2v) is 11.6. The van der Waals surface area contributed by atoms with Crippen molar-refractivity contribution in [1.29, 1.82) is 0 Å². The van der Waals surface area contributed by atoms with Gasteiger partial charge in [0.15, 0.2) is 22.1 Å². The van der Waals surface area contributed by atoms with E-state index in [1.165, 1.54) is 71.8 Å². The molecule has 5 aromatic carbocycles. The lowest BCUT2D eigenvalue weighted by molar-refractivity contribution is -0.617. The smallest absolute Gasteiger partial charge is 0.296 e. The van der Waals surface area contributed by atoms with Crippen molar-refractivity contribution in [3.05, 3.63) is 142 Å². The minimum atomic E-state index is 0.165. The Balaban J connectivity index is 1.45. The summed E-state index contributed by atoms with van der Waals surface area (Å²) in [6.45, 7) is 2.21. The van der Waals surface area contributed by atoms with Crippen molar-refractivity contribution in [2.24, 2.45) is 7.05 Å². The molecule has 0 saturated carbocycles. The van der Waals surface area contributed by atoms with Crippen molar-refractivity contribution in [2.75, 3.05) is 0 Å². The van der Waals surface area contributed by atoms with Gasteiger partial charge < -0.3 is 4.42 Å². The van der Waals surface area contributed by atoms with E-state index in [2.05, 4.69) is 126 Å². The third kappa shape index (κ3) is 2.25. The summed E-state index contributed by atoms with van der Waals surface area (Å²) in [5.41, 5.74) is 16.5. The van der Waals surface area contributed by atoms with Gasteiger partial charge in [0.05, 0.1) is 17.8 Å². The molecular weight excluding hydrogens is 488 g/mol. The Bertz CT molecular complexity index is 2370. The fourth-order valence-electron chi connectivity index (χ4n) is 8.17. The van der Waals surface area contributed by atoms with E-state index < -0.39 is 0 Å². The minimum absolute atomic E-state index is 0.165. The van der Waals surface area contributed by atoms with Gasteiger partial charge in [-0.25, -0.2) is 4.57 Å². The number of nitrogens with zero attached hydrogens (tertiary/aromatic N) is 2. The number of imidazole rings is 1. The molecule has 3 nitrogen and oxygen atoms in total. The van der Waals surface area contributed by atoms with Crippen LogP contribution in [0.15, 0.2) is 108 Å². The zero-order valence-electron chi connectivity index (χ0n) is 22.3. The lowest BCUT2D eigenvalue weighted by atomic mass is 9.61. The van der Waals surface area contributed by atoms with Crippen LogP contribution in [0.5, 0.6) is 0 Å². The first-order chi connectivity index (χ1) is 19.7. The quantitative estimate of drug-likeness (QED) is 0.187. The third-order valence-corrected chi connectivity index (χ3v) is 9.72. The van der Waals surface area contributed by atoms with E-state index >= 15 is 0 Å². The molecule has 0 saturated heterocycles. The van der Waals surface area contributed by atoms with Crippen LogP contribution in [0.25, 0.3) is 49.5 Å². The molecule has 0 unspecified atom stereocenters. The molecule has 0 atom stereocenters. The molecule has 40 heavy (non-hydrogen) atoms. The Kier molecular flexibility index (Phi) is 3.67. The van der Waals surface area contributed by atoms with Crippen LogP contribution in [0.4, 0.5) is 0 Å².